The first-order valence-corrected chi connectivity index (χ1v) is 8.62. The highest BCUT2D eigenvalue weighted by molar-refractivity contribution is 5.32. The SMILES string of the molecule is CCCC1CC(O)(CC2CCCc3ccccc32)CCO1. The summed E-state index contributed by atoms with van der Waals surface area (Å²) in [5.41, 5.74) is 2.46. The Morgan fingerprint density at radius 1 is 1.33 bits per heavy atom. The smallest absolute Gasteiger partial charge is 0.0700 e. The van der Waals surface area contributed by atoms with Crippen molar-refractivity contribution in [2.75, 3.05) is 6.61 Å². The second-order valence-corrected chi connectivity index (χ2v) is 6.95. The Kier molecular flexibility index (Phi) is 4.66. The summed E-state index contributed by atoms with van der Waals surface area (Å²) in [6.07, 6.45) is 8.67. The third kappa shape index (κ3) is 3.49. The minimum absolute atomic E-state index is 0.257. The molecule has 1 aliphatic heterocycles. The Bertz CT molecular complexity index is 468. The van der Waals surface area contributed by atoms with E-state index in [4.69, 9.17) is 4.74 Å². The number of rotatable bonds is 4. The van der Waals surface area contributed by atoms with Gasteiger partial charge in [-0.25, -0.2) is 0 Å². The van der Waals surface area contributed by atoms with Crippen LogP contribution in [0.3, 0.4) is 0 Å². The lowest BCUT2D eigenvalue weighted by molar-refractivity contribution is -0.112. The van der Waals surface area contributed by atoms with Gasteiger partial charge in [0.15, 0.2) is 0 Å². The van der Waals surface area contributed by atoms with Crippen molar-refractivity contribution < 1.29 is 9.84 Å². The van der Waals surface area contributed by atoms with Crippen LogP contribution in [0.2, 0.25) is 0 Å². The zero-order chi connectivity index (χ0) is 14.7. The number of ether oxygens (including phenoxy) is 1. The lowest BCUT2D eigenvalue weighted by Gasteiger charge is -2.40. The number of aryl methyl sites for hydroxylation is 1. The van der Waals surface area contributed by atoms with Crippen molar-refractivity contribution in [3.63, 3.8) is 0 Å². The summed E-state index contributed by atoms with van der Waals surface area (Å²) in [4.78, 5) is 0. The molecule has 1 N–H and O–H groups in total. The quantitative estimate of drug-likeness (QED) is 0.899. The Morgan fingerprint density at radius 2 is 2.19 bits per heavy atom. The highest BCUT2D eigenvalue weighted by Gasteiger charge is 2.37. The van der Waals surface area contributed by atoms with E-state index in [-0.39, 0.29) is 6.10 Å². The molecule has 21 heavy (non-hydrogen) atoms. The van der Waals surface area contributed by atoms with E-state index in [0.29, 0.717) is 5.92 Å². The van der Waals surface area contributed by atoms with Gasteiger partial charge in [-0.05, 0) is 55.6 Å². The van der Waals surface area contributed by atoms with Gasteiger partial charge in [-0.15, -0.1) is 0 Å². The fourth-order valence-electron chi connectivity index (χ4n) is 4.22. The normalized spacial score (nSPS) is 32.7. The van der Waals surface area contributed by atoms with Crippen molar-refractivity contribution >= 4 is 0 Å². The number of fused-ring (bicyclic) bond motifs is 1. The van der Waals surface area contributed by atoms with Crippen molar-refractivity contribution in [3.8, 4) is 0 Å². The van der Waals surface area contributed by atoms with Crippen LogP contribution < -0.4 is 0 Å². The lowest BCUT2D eigenvalue weighted by atomic mass is 9.74. The Balaban J connectivity index is 1.71. The van der Waals surface area contributed by atoms with Gasteiger partial charge in [0, 0.05) is 13.0 Å². The van der Waals surface area contributed by atoms with Crippen LogP contribution in [-0.4, -0.2) is 23.4 Å². The number of hydrogen-bond acceptors (Lipinski definition) is 2. The molecule has 3 unspecified atom stereocenters. The molecular formula is C19H28O2. The second kappa shape index (κ2) is 6.50. The molecule has 0 radical (unpaired) electrons. The minimum atomic E-state index is -0.521. The first kappa shape index (κ1) is 15.1. The Morgan fingerprint density at radius 3 is 3.05 bits per heavy atom. The molecular weight excluding hydrogens is 260 g/mol. The Labute approximate surface area is 128 Å². The van der Waals surface area contributed by atoms with Gasteiger partial charge in [-0.2, -0.15) is 0 Å². The van der Waals surface area contributed by atoms with Crippen LogP contribution in [-0.2, 0) is 11.2 Å². The summed E-state index contributed by atoms with van der Waals surface area (Å²) in [5, 5.41) is 11.1. The standard InChI is InChI=1S/C19H28O2/c1-2-6-17-14-19(20,11-12-21-17)13-16-9-5-8-15-7-3-4-10-18(15)16/h3-4,7,10,16-17,20H,2,5-6,8-9,11-14H2,1H3. The molecule has 1 heterocycles. The highest BCUT2D eigenvalue weighted by Crippen LogP contribution is 2.41. The van der Waals surface area contributed by atoms with Crippen LogP contribution in [0.1, 0.15) is 68.9 Å². The van der Waals surface area contributed by atoms with Crippen molar-refractivity contribution in [3.05, 3.63) is 35.4 Å². The number of hydrogen-bond donors (Lipinski definition) is 1. The third-order valence-corrected chi connectivity index (χ3v) is 5.26. The predicted octanol–water partition coefficient (Wildman–Crippen LogP) is 4.21. The van der Waals surface area contributed by atoms with Crippen molar-refractivity contribution in [2.24, 2.45) is 0 Å². The molecule has 0 bridgehead atoms. The number of benzene rings is 1. The third-order valence-electron chi connectivity index (χ3n) is 5.26. The molecule has 0 saturated carbocycles. The molecule has 1 saturated heterocycles. The summed E-state index contributed by atoms with van der Waals surface area (Å²) >= 11 is 0. The molecule has 3 rings (SSSR count). The maximum atomic E-state index is 11.1. The van der Waals surface area contributed by atoms with Crippen LogP contribution in [0.4, 0.5) is 0 Å². The van der Waals surface area contributed by atoms with Crippen LogP contribution in [0.25, 0.3) is 0 Å². The Hall–Kier alpha value is -0.860. The van der Waals surface area contributed by atoms with Crippen LogP contribution in [0, 0.1) is 0 Å². The van der Waals surface area contributed by atoms with E-state index >= 15 is 0 Å². The fraction of sp³-hybridized carbons (Fsp3) is 0.684. The maximum Gasteiger partial charge on any atom is 0.0700 e. The van der Waals surface area contributed by atoms with E-state index in [1.54, 1.807) is 0 Å². The molecule has 116 valence electrons. The van der Waals surface area contributed by atoms with Gasteiger partial charge in [0.25, 0.3) is 0 Å². The molecule has 2 aliphatic rings. The van der Waals surface area contributed by atoms with Gasteiger partial charge in [-0.1, -0.05) is 37.6 Å². The first-order chi connectivity index (χ1) is 10.2. The average molecular weight is 288 g/mol. The molecule has 2 heteroatoms. The van der Waals surface area contributed by atoms with Crippen molar-refractivity contribution in [2.45, 2.75) is 75.9 Å². The number of aliphatic hydroxyl groups is 1. The van der Waals surface area contributed by atoms with Gasteiger partial charge < -0.3 is 9.84 Å². The van der Waals surface area contributed by atoms with Gasteiger partial charge in [-0.3, -0.25) is 0 Å². The molecule has 3 atom stereocenters. The van der Waals surface area contributed by atoms with Gasteiger partial charge in [0.05, 0.1) is 11.7 Å². The zero-order valence-corrected chi connectivity index (χ0v) is 13.2. The van der Waals surface area contributed by atoms with E-state index in [2.05, 4.69) is 31.2 Å². The molecule has 0 spiro atoms. The molecule has 1 fully saturated rings. The first-order valence-electron chi connectivity index (χ1n) is 8.62. The average Bonchev–Trinajstić information content (AvgIpc) is 2.48. The molecule has 1 aromatic rings. The van der Waals surface area contributed by atoms with Crippen molar-refractivity contribution in [1.29, 1.82) is 0 Å². The van der Waals surface area contributed by atoms with Gasteiger partial charge >= 0.3 is 0 Å². The summed E-state index contributed by atoms with van der Waals surface area (Å²) in [6, 6.07) is 8.81. The summed E-state index contributed by atoms with van der Waals surface area (Å²) < 4.78 is 5.81. The zero-order valence-electron chi connectivity index (χ0n) is 13.2. The van der Waals surface area contributed by atoms with Crippen LogP contribution in [0.15, 0.2) is 24.3 Å². The van der Waals surface area contributed by atoms with Crippen molar-refractivity contribution in [1.82, 2.24) is 0 Å². The topological polar surface area (TPSA) is 29.5 Å². The van der Waals surface area contributed by atoms with E-state index < -0.39 is 5.60 Å². The fourth-order valence-corrected chi connectivity index (χ4v) is 4.22. The minimum Gasteiger partial charge on any atom is -0.390 e. The lowest BCUT2D eigenvalue weighted by Crippen LogP contribution is -2.42. The van der Waals surface area contributed by atoms with Gasteiger partial charge in [0.1, 0.15) is 0 Å². The molecule has 1 aliphatic carbocycles. The van der Waals surface area contributed by atoms with E-state index in [1.165, 1.54) is 30.4 Å². The highest BCUT2D eigenvalue weighted by atomic mass is 16.5. The molecule has 1 aromatic carbocycles. The second-order valence-electron chi connectivity index (χ2n) is 6.95. The summed E-state index contributed by atoms with van der Waals surface area (Å²) in [5.74, 6) is 0.528. The molecule has 0 amide bonds. The van der Waals surface area contributed by atoms with E-state index in [9.17, 15) is 5.11 Å². The summed E-state index contributed by atoms with van der Waals surface area (Å²) in [7, 11) is 0. The van der Waals surface area contributed by atoms with Gasteiger partial charge in [0.2, 0.25) is 0 Å². The maximum absolute atomic E-state index is 11.1. The monoisotopic (exact) mass is 288 g/mol. The van der Waals surface area contributed by atoms with E-state index in [1.807, 2.05) is 0 Å². The summed E-state index contributed by atoms with van der Waals surface area (Å²) in [6.45, 7) is 2.91. The predicted molar refractivity (Wildman–Crippen MR) is 85.6 cm³/mol. The molecule has 0 aromatic heterocycles. The van der Waals surface area contributed by atoms with Crippen LogP contribution in [0.5, 0.6) is 0 Å². The largest absolute Gasteiger partial charge is 0.390 e. The van der Waals surface area contributed by atoms with Crippen LogP contribution >= 0.6 is 0 Å². The van der Waals surface area contributed by atoms with E-state index in [0.717, 1.165) is 38.7 Å². The molecule has 2 nitrogen and oxygen atoms in total.